The Hall–Kier alpha value is -3.74. The van der Waals surface area contributed by atoms with Gasteiger partial charge < -0.3 is 4.74 Å². The van der Waals surface area contributed by atoms with Crippen molar-refractivity contribution in [3.8, 4) is 28.0 Å². The predicted molar refractivity (Wildman–Crippen MR) is 120 cm³/mol. The van der Waals surface area contributed by atoms with Crippen molar-refractivity contribution in [1.82, 2.24) is 0 Å². The highest BCUT2D eigenvalue weighted by Crippen LogP contribution is 2.34. The Kier molecular flexibility index (Phi) is 6.63. The lowest BCUT2D eigenvalue weighted by atomic mass is 9.96. The van der Waals surface area contributed by atoms with E-state index in [4.69, 9.17) is 0 Å². The van der Waals surface area contributed by atoms with Crippen molar-refractivity contribution in [2.24, 2.45) is 0 Å². The third kappa shape index (κ3) is 4.64. The molecule has 0 unspecified atom stereocenters. The second kappa shape index (κ2) is 9.63. The Morgan fingerprint density at radius 3 is 2.15 bits per heavy atom. The first-order valence-electron chi connectivity index (χ1n) is 10.3. The van der Waals surface area contributed by atoms with Gasteiger partial charge in [-0.05, 0) is 65.3 Å². The summed E-state index contributed by atoms with van der Waals surface area (Å²) in [5, 5.41) is 0.368. The molecule has 4 aromatic carbocycles. The van der Waals surface area contributed by atoms with E-state index in [0.29, 0.717) is 29.4 Å². The number of hydrogen-bond acceptors (Lipinski definition) is 1. The first-order valence-corrected chi connectivity index (χ1v) is 10.3. The SMILES string of the molecule is C=CCCc1cc(F)c(-c2ccc(-c3ccc4c(F)c(OC(F)F)ccc4c3)c(F)c2)c(F)c1. The highest BCUT2D eigenvalue weighted by atomic mass is 19.3. The molecule has 0 aliphatic heterocycles. The van der Waals surface area contributed by atoms with Gasteiger partial charge >= 0.3 is 6.61 Å². The topological polar surface area (TPSA) is 9.23 Å². The average Bonchev–Trinajstić information content (AvgIpc) is 2.79. The molecule has 0 fully saturated rings. The minimum atomic E-state index is -3.17. The Bertz CT molecular complexity index is 1360. The minimum Gasteiger partial charge on any atom is -0.432 e. The van der Waals surface area contributed by atoms with Crippen molar-refractivity contribution in [2.45, 2.75) is 19.5 Å². The molecular weight excluding hydrogens is 454 g/mol. The Morgan fingerprint density at radius 2 is 1.50 bits per heavy atom. The van der Waals surface area contributed by atoms with Crippen LogP contribution in [0.1, 0.15) is 12.0 Å². The van der Waals surface area contributed by atoms with Gasteiger partial charge in [-0.15, -0.1) is 6.58 Å². The van der Waals surface area contributed by atoms with Crippen molar-refractivity contribution in [1.29, 1.82) is 0 Å². The molecule has 174 valence electrons. The van der Waals surface area contributed by atoms with Crippen LogP contribution in [-0.2, 0) is 6.42 Å². The zero-order chi connectivity index (χ0) is 24.4. The van der Waals surface area contributed by atoms with E-state index in [-0.39, 0.29) is 22.1 Å². The molecule has 0 aliphatic carbocycles. The van der Waals surface area contributed by atoms with Crippen LogP contribution >= 0.6 is 0 Å². The quantitative estimate of drug-likeness (QED) is 0.194. The van der Waals surface area contributed by atoms with E-state index in [2.05, 4.69) is 11.3 Å². The highest BCUT2D eigenvalue weighted by molar-refractivity contribution is 5.89. The molecule has 4 aromatic rings. The largest absolute Gasteiger partial charge is 0.432 e. The molecule has 34 heavy (non-hydrogen) atoms. The van der Waals surface area contributed by atoms with Crippen LogP contribution < -0.4 is 4.74 Å². The first kappa shape index (κ1) is 23.4. The zero-order valence-corrected chi connectivity index (χ0v) is 17.7. The number of benzene rings is 4. The molecule has 4 rings (SSSR count). The van der Waals surface area contributed by atoms with Gasteiger partial charge in [0, 0.05) is 10.9 Å². The number of allylic oxidation sites excluding steroid dienone is 1. The Morgan fingerprint density at radius 1 is 0.794 bits per heavy atom. The van der Waals surface area contributed by atoms with Gasteiger partial charge in [0.1, 0.15) is 17.5 Å². The summed E-state index contributed by atoms with van der Waals surface area (Å²) >= 11 is 0. The molecule has 7 heteroatoms. The van der Waals surface area contributed by atoms with Gasteiger partial charge in [0.2, 0.25) is 0 Å². The zero-order valence-electron chi connectivity index (χ0n) is 17.7. The van der Waals surface area contributed by atoms with E-state index in [9.17, 15) is 26.3 Å². The molecule has 0 spiro atoms. The fourth-order valence-corrected chi connectivity index (χ4v) is 3.85. The first-order chi connectivity index (χ1) is 16.3. The van der Waals surface area contributed by atoms with Gasteiger partial charge in [0.05, 0.1) is 5.56 Å². The molecule has 0 amide bonds. The molecule has 0 saturated heterocycles. The normalized spacial score (nSPS) is 11.3. The summed E-state index contributed by atoms with van der Waals surface area (Å²) in [5.41, 5.74) is 0.676. The number of halogens is 6. The maximum Gasteiger partial charge on any atom is 0.387 e. The summed E-state index contributed by atoms with van der Waals surface area (Å²) in [6.07, 6.45) is 2.65. The molecular formula is C27H18F6O. The van der Waals surface area contributed by atoms with Gasteiger partial charge in [-0.2, -0.15) is 8.78 Å². The predicted octanol–water partition coefficient (Wildman–Crippen LogP) is 8.45. The lowest BCUT2D eigenvalue weighted by Crippen LogP contribution is -2.03. The monoisotopic (exact) mass is 472 g/mol. The van der Waals surface area contributed by atoms with Gasteiger partial charge in [-0.25, -0.2) is 17.6 Å². The maximum absolute atomic E-state index is 15.0. The van der Waals surface area contributed by atoms with E-state index >= 15 is 0 Å². The third-order valence-corrected chi connectivity index (χ3v) is 5.44. The summed E-state index contributed by atoms with van der Waals surface area (Å²) < 4.78 is 87.7. The lowest BCUT2D eigenvalue weighted by molar-refractivity contribution is -0.0520. The van der Waals surface area contributed by atoms with Crippen molar-refractivity contribution in [3.63, 3.8) is 0 Å². The van der Waals surface area contributed by atoms with Gasteiger partial charge in [-0.3, -0.25) is 0 Å². The summed E-state index contributed by atoms with van der Waals surface area (Å²) in [6.45, 7) is 0.413. The van der Waals surface area contributed by atoms with Crippen LogP contribution in [0.5, 0.6) is 5.75 Å². The molecule has 0 N–H and O–H groups in total. The molecule has 0 radical (unpaired) electrons. The summed E-state index contributed by atoms with van der Waals surface area (Å²) in [5.74, 6) is -3.87. The molecule has 0 atom stereocenters. The third-order valence-electron chi connectivity index (χ3n) is 5.44. The fraction of sp³-hybridized carbons (Fsp3) is 0.111. The molecule has 1 nitrogen and oxygen atoms in total. The number of fused-ring (bicyclic) bond motifs is 1. The maximum atomic E-state index is 15.0. The molecule has 0 bridgehead atoms. The van der Waals surface area contributed by atoms with E-state index in [0.717, 1.165) is 12.1 Å². The van der Waals surface area contributed by atoms with Crippen LogP contribution in [-0.4, -0.2) is 6.61 Å². The number of rotatable bonds is 7. The Balaban J connectivity index is 1.69. The highest BCUT2D eigenvalue weighted by Gasteiger charge is 2.17. The van der Waals surface area contributed by atoms with E-state index in [1.165, 1.54) is 48.5 Å². The van der Waals surface area contributed by atoms with E-state index in [1.54, 1.807) is 6.08 Å². The second-order valence-corrected chi connectivity index (χ2v) is 7.65. The molecule has 0 aliphatic rings. The number of hydrogen-bond donors (Lipinski definition) is 0. The van der Waals surface area contributed by atoms with Crippen molar-refractivity contribution >= 4 is 10.8 Å². The van der Waals surface area contributed by atoms with E-state index in [1.807, 2.05) is 0 Å². The van der Waals surface area contributed by atoms with Gasteiger partial charge in [0.25, 0.3) is 0 Å². The van der Waals surface area contributed by atoms with Gasteiger partial charge in [-0.1, -0.05) is 36.4 Å². The number of aryl methyl sites for hydroxylation is 1. The average molecular weight is 472 g/mol. The van der Waals surface area contributed by atoms with Crippen LogP contribution in [0.4, 0.5) is 26.3 Å². The minimum absolute atomic E-state index is 0.0274. The number of ether oxygens (including phenoxy) is 1. The van der Waals surface area contributed by atoms with Crippen LogP contribution in [0, 0.1) is 23.3 Å². The van der Waals surface area contributed by atoms with Crippen LogP contribution in [0.25, 0.3) is 33.0 Å². The van der Waals surface area contributed by atoms with E-state index < -0.39 is 35.6 Å². The standard InChI is InChI=1S/C27H18F6O/c1-2-3-4-15-11-22(29)25(23(30)12-15)18-6-8-19(21(28)14-18)16-5-9-20-17(13-16)7-10-24(26(20)31)34-27(32)33/h2,5-14,27H,1,3-4H2. The van der Waals surface area contributed by atoms with Crippen LogP contribution in [0.2, 0.25) is 0 Å². The van der Waals surface area contributed by atoms with Crippen LogP contribution in [0.15, 0.2) is 73.3 Å². The fourth-order valence-electron chi connectivity index (χ4n) is 3.85. The second-order valence-electron chi connectivity index (χ2n) is 7.65. The summed E-state index contributed by atoms with van der Waals surface area (Å²) in [6, 6.07) is 12.9. The van der Waals surface area contributed by atoms with Crippen LogP contribution in [0.3, 0.4) is 0 Å². The lowest BCUT2D eigenvalue weighted by Gasteiger charge is -2.12. The van der Waals surface area contributed by atoms with Gasteiger partial charge in [0.15, 0.2) is 11.6 Å². The molecule has 0 saturated carbocycles. The number of alkyl halides is 2. The summed E-state index contributed by atoms with van der Waals surface area (Å²) in [4.78, 5) is 0. The van der Waals surface area contributed by atoms with Crippen molar-refractivity contribution < 1.29 is 31.1 Å². The van der Waals surface area contributed by atoms with Crippen molar-refractivity contribution in [3.05, 3.63) is 102 Å². The summed E-state index contributed by atoms with van der Waals surface area (Å²) in [7, 11) is 0. The van der Waals surface area contributed by atoms with Crippen molar-refractivity contribution in [2.75, 3.05) is 0 Å². The molecule has 0 heterocycles. The smallest absolute Gasteiger partial charge is 0.387 e. The molecule has 0 aromatic heterocycles. The Labute approximate surface area is 191 Å².